The zero-order valence-corrected chi connectivity index (χ0v) is 34.1. The molecule has 0 unspecified atom stereocenters. The van der Waals surface area contributed by atoms with E-state index in [1.165, 1.54) is 23.5 Å². The number of benzene rings is 1. The number of carbonyl (C=O) groups is 7. The molecule has 2 saturated carbocycles. The quantitative estimate of drug-likeness (QED) is 0.158. The number of aromatic nitrogens is 2. The Balaban J connectivity index is 1.47. The molecule has 2 aromatic rings. The second kappa shape index (κ2) is 20.8. The standard InChI is InChI=1S/C42H60N8O7/c1-7-16-30(34(51)39(55)48-33(41(57)50(5)6)27-19-12-9-13-20-27)46-36(52)28-21-14-15-22-29(28)45-40(56)35(42(2,3)4)49-38(54)32(26-17-10-8-11-18-26)47-37(53)31-25-43-23-24-44-31/h9,12-13,19-20,23-26,28-30,32-33,35H,7-8,10-11,14-18,21-22H2,1-6H3,(H,45,56)(H,46,52)(H,47,53)(H,48,55)(H,49,54)/t28-,29+,30+,32+,33-,35-/m1/s1. The predicted molar refractivity (Wildman–Crippen MR) is 213 cm³/mol. The van der Waals surface area contributed by atoms with Crippen LogP contribution in [0.3, 0.4) is 0 Å². The summed E-state index contributed by atoms with van der Waals surface area (Å²) in [7, 11) is 3.11. The summed E-state index contributed by atoms with van der Waals surface area (Å²) >= 11 is 0. The first-order chi connectivity index (χ1) is 27.1. The SMILES string of the molecule is CCC[C@H](NC(=O)[C@@H]1CCCC[C@@H]1NC(=O)[C@@H](NC(=O)[C@@H](NC(=O)c1cnccn1)C1CCCCC1)C(C)(C)C)C(=O)C(=O)N[C@@H](C(=O)N(C)C)c1ccccc1. The number of nitrogens with zero attached hydrogens (tertiary/aromatic N) is 3. The van der Waals surface area contributed by atoms with Gasteiger partial charge in [0.15, 0.2) is 0 Å². The second-order valence-corrected chi connectivity index (χ2v) is 16.5. The molecule has 2 aliphatic carbocycles. The molecular formula is C42H60N8O7. The smallest absolute Gasteiger partial charge is 0.290 e. The number of nitrogens with one attached hydrogen (secondary N) is 5. The van der Waals surface area contributed by atoms with Crippen LogP contribution in [0, 0.1) is 17.3 Å². The Morgan fingerprint density at radius 2 is 1.47 bits per heavy atom. The third-order valence-corrected chi connectivity index (χ3v) is 10.9. The van der Waals surface area contributed by atoms with Crippen molar-refractivity contribution in [1.29, 1.82) is 0 Å². The van der Waals surface area contributed by atoms with Gasteiger partial charge in [0.05, 0.1) is 18.2 Å². The summed E-state index contributed by atoms with van der Waals surface area (Å²) in [6.45, 7) is 7.32. The number of amides is 6. The molecule has 0 radical (unpaired) electrons. The van der Waals surface area contributed by atoms with Crippen molar-refractivity contribution < 1.29 is 33.6 Å². The highest BCUT2D eigenvalue weighted by atomic mass is 16.2. The fraction of sp³-hybridized carbons (Fsp3) is 0.595. The van der Waals surface area contributed by atoms with Gasteiger partial charge in [-0.2, -0.15) is 0 Å². The minimum atomic E-state index is -1.15. The van der Waals surface area contributed by atoms with E-state index in [1.54, 1.807) is 44.4 Å². The van der Waals surface area contributed by atoms with Crippen LogP contribution in [0.2, 0.25) is 0 Å². The molecule has 0 spiro atoms. The lowest BCUT2D eigenvalue weighted by atomic mass is 9.81. The average Bonchev–Trinajstić information content (AvgIpc) is 3.20. The molecule has 2 aliphatic rings. The minimum absolute atomic E-state index is 0.0807. The van der Waals surface area contributed by atoms with Crippen LogP contribution in [0.25, 0.3) is 0 Å². The van der Waals surface area contributed by atoms with Gasteiger partial charge in [-0.25, -0.2) is 4.98 Å². The summed E-state index contributed by atoms with van der Waals surface area (Å²) in [5.41, 5.74) is -0.164. The molecule has 0 bridgehead atoms. The van der Waals surface area contributed by atoms with Crippen LogP contribution in [0.4, 0.5) is 0 Å². The van der Waals surface area contributed by atoms with Crippen molar-refractivity contribution in [1.82, 2.24) is 41.5 Å². The van der Waals surface area contributed by atoms with Gasteiger partial charge in [-0.15, -0.1) is 0 Å². The van der Waals surface area contributed by atoms with Crippen LogP contribution < -0.4 is 26.6 Å². The molecule has 6 atom stereocenters. The maximum atomic E-state index is 14.1. The Morgan fingerprint density at radius 1 is 0.807 bits per heavy atom. The van der Waals surface area contributed by atoms with Gasteiger partial charge in [-0.3, -0.25) is 38.5 Å². The van der Waals surface area contributed by atoms with E-state index in [2.05, 4.69) is 36.6 Å². The van der Waals surface area contributed by atoms with Gasteiger partial charge >= 0.3 is 0 Å². The van der Waals surface area contributed by atoms with E-state index in [0.717, 1.165) is 44.9 Å². The number of Topliss-reactive ketones (excluding diaryl/α,β-unsaturated/α-hetero) is 1. The second-order valence-electron chi connectivity index (χ2n) is 16.5. The van der Waals surface area contributed by atoms with Crippen LogP contribution in [-0.2, 0) is 28.8 Å². The molecule has 0 aliphatic heterocycles. The highest BCUT2D eigenvalue weighted by Crippen LogP contribution is 2.29. The zero-order valence-electron chi connectivity index (χ0n) is 34.1. The number of hydrogen-bond donors (Lipinski definition) is 5. The predicted octanol–water partition coefficient (Wildman–Crippen LogP) is 3.16. The van der Waals surface area contributed by atoms with Crippen LogP contribution in [0.5, 0.6) is 0 Å². The first-order valence-electron chi connectivity index (χ1n) is 20.2. The van der Waals surface area contributed by atoms with Crippen molar-refractivity contribution in [3.05, 3.63) is 60.2 Å². The van der Waals surface area contributed by atoms with E-state index in [4.69, 9.17) is 0 Å². The van der Waals surface area contributed by atoms with E-state index in [0.29, 0.717) is 24.8 Å². The minimum Gasteiger partial charge on any atom is -0.351 e. The van der Waals surface area contributed by atoms with E-state index in [9.17, 15) is 33.6 Å². The third kappa shape index (κ3) is 12.4. The molecule has 15 heteroatoms. The highest BCUT2D eigenvalue weighted by molar-refractivity contribution is 6.38. The van der Waals surface area contributed by atoms with Crippen molar-refractivity contribution in [2.24, 2.45) is 17.3 Å². The first-order valence-corrected chi connectivity index (χ1v) is 20.2. The molecule has 310 valence electrons. The van der Waals surface area contributed by atoms with Gasteiger partial charge < -0.3 is 31.5 Å². The average molecular weight is 789 g/mol. The molecule has 57 heavy (non-hydrogen) atoms. The van der Waals surface area contributed by atoms with E-state index < -0.39 is 82.8 Å². The fourth-order valence-corrected chi connectivity index (χ4v) is 7.68. The number of rotatable bonds is 16. The largest absolute Gasteiger partial charge is 0.351 e. The Kier molecular flexibility index (Phi) is 16.2. The van der Waals surface area contributed by atoms with E-state index in [-0.39, 0.29) is 18.0 Å². The molecule has 1 aromatic carbocycles. The van der Waals surface area contributed by atoms with Crippen LogP contribution in [0.15, 0.2) is 48.9 Å². The Morgan fingerprint density at radius 3 is 2.09 bits per heavy atom. The van der Waals surface area contributed by atoms with Gasteiger partial charge in [0.2, 0.25) is 29.4 Å². The molecule has 1 heterocycles. The summed E-state index contributed by atoms with van der Waals surface area (Å²) in [6.07, 6.45) is 11.6. The highest BCUT2D eigenvalue weighted by Gasteiger charge is 2.41. The van der Waals surface area contributed by atoms with Crippen LogP contribution >= 0.6 is 0 Å². The monoisotopic (exact) mass is 788 g/mol. The van der Waals surface area contributed by atoms with Gasteiger partial charge in [-0.05, 0) is 49.0 Å². The van der Waals surface area contributed by atoms with Crippen molar-refractivity contribution in [3.8, 4) is 0 Å². The molecule has 1 aromatic heterocycles. The van der Waals surface area contributed by atoms with Crippen molar-refractivity contribution in [3.63, 3.8) is 0 Å². The van der Waals surface area contributed by atoms with Gasteiger partial charge in [-0.1, -0.05) is 96.6 Å². The summed E-state index contributed by atoms with van der Waals surface area (Å²) in [6, 6.07) is 3.83. The molecule has 0 saturated heterocycles. The van der Waals surface area contributed by atoms with Crippen LogP contribution in [0.1, 0.15) is 120 Å². The molecule has 6 amide bonds. The normalized spacial score (nSPS) is 19.4. The van der Waals surface area contributed by atoms with Crippen molar-refractivity contribution >= 4 is 41.2 Å². The maximum absolute atomic E-state index is 14.1. The number of likely N-dealkylation sites (N-methyl/N-ethyl adjacent to an activating group) is 1. The molecule has 15 nitrogen and oxygen atoms in total. The Bertz CT molecular complexity index is 1710. The molecule has 2 fully saturated rings. The Labute approximate surface area is 335 Å². The lowest BCUT2D eigenvalue weighted by Crippen LogP contribution is -2.61. The van der Waals surface area contributed by atoms with Gasteiger partial charge in [0.1, 0.15) is 23.8 Å². The lowest BCUT2D eigenvalue weighted by Gasteiger charge is -2.37. The summed E-state index contributed by atoms with van der Waals surface area (Å²) < 4.78 is 0. The number of carbonyl (C=O) groups excluding carboxylic acids is 7. The molecule has 5 N–H and O–H groups in total. The topological polar surface area (TPSA) is 209 Å². The van der Waals surface area contributed by atoms with Gasteiger partial charge in [0, 0.05) is 32.5 Å². The van der Waals surface area contributed by atoms with E-state index in [1.807, 2.05) is 27.7 Å². The maximum Gasteiger partial charge on any atom is 0.290 e. The van der Waals surface area contributed by atoms with Gasteiger partial charge in [0.25, 0.3) is 11.8 Å². The summed E-state index contributed by atoms with van der Waals surface area (Å²) in [5.74, 6) is -5.07. The molecular weight excluding hydrogens is 729 g/mol. The number of ketones is 1. The summed E-state index contributed by atoms with van der Waals surface area (Å²) in [4.78, 5) is 105. The molecule has 4 rings (SSSR count). The lowest BCUT2D eigenvalue weighted by molar-refractivity contribution is -0.143. The van der Waals surface area contributed by atoms with Crippen LogP contribution in [-0.4, -0.2) is 94.4 Å². The van der Waals surface area contributed by atoms with Crippen molar-refractivity contribution in [2.45, 2.75) is 129 Å². The summed E-state index contributed by atoms with van der Waals surface area (Å²) in [5, 5.41) is 14.2. The van der Waals surface area contributed by atoms with Crippen molar-refractivity contribution in [2.75, 3.05) is 14.1 Å². The number of hydrogen-bond acceptors (Lipinski definition) is 9. The first kappa shape index (κ1) is 44.5. The van der Waals surface area contributed by atoms with E-state index >= 15 is 0 Å². The zero-order chi connectivity index (χ0) is 41.7. The fourth-order valence-electron chi connectivity index (χ4n) is 7.68. The third-order valence-electron chi connectivity index (χ3n) is 10.9. The Hall–Kier alpha value is -5.21.